The van der Waals surface area contributed by atoms with Crippen LogP contribution in [0.2, 0.25) is 0 Å². The molecule has 0 aromatic heterocycles. The molecule has 1 unspecified atom stereocenters. The standard InChI is InChI=1S/C18H35NO/c1-15(2)17-5-4-11-19(12-8-17)13-18(14-20)9-6-16(3)7-10-18/h15-17,20H,4-14H2,1-3H3. The average molecular weight is 281 g/mol. The number of hydrogen-bond acceptors (Lipinski definition) is 2. The molecule has 1 saturated heterocycles. The van der Waals surface area contributed by atoms with Gasteiger partial charge in [-0.15, -0.1) is 0 Å². The maximum absolute atomic E-state index is 9.94. The Labute approximate surface area is 125 Å². The van der Waals surface area contributed by atoms with Crippen LogP contribution in [0.25, 0.3) is 0 Å². The van der Waals surface area contributed by atoms with Crippen molar-refractivity contribution >= 4 is 0 Å². The van der Waals surface area contributed by atoms with E-state index in [9.17, 15) is 5.11 Å². The van der Waals surface area contributed by atoms with Gasteiger partial charge in [0.2, 0.25) is 0 Å². The Morgan fingerprint density at radius 2 is 1.80 bits per heavy atom. The van der Waals surface area contributed by atoms with Crippen molar-refractivity contribution in [2.24, 2.45) is 23.2 Å². The predicted molar refractivity (Wildman–Crippen MR) is 85.8 cm³/mol. The van der Waals surface area contributed by atoms with Crippen molar-refractivity contribution in [3.63, 3.8) is 0 Å². The first-order valence-corrected chi connectivity index (χ1v) is 8.88. The van der Waals surface area contributed by atoms with Crippen LogP contribution in [0.1, 0.15) is 65.7 Å². The predicted octanol–water partition coefficient (Wildman–Crippen LogP) is 3.93. The number of likely N-dealkylation sites (tertiary alicyclic amines) is 1. The van der Waals surface area contributed by atoms with Gasteiger partial charge in [0.05, 0.1) is 0 Å². The van der Waals surface area contributed by atoms with E-state index in [4.69, 9.17) is 0 Å². The summed E-state index contributed by atoms with van der Waals surface area (Å²) in [5.41, 5.74) is 0.212. The first-order valence-electron chi connectivity index (χ1n) is 8.88. The molecule has 2 rings (SSSR count). The number of aliphatic hydroxyl groups is 1. The van der Waals surface area contributed by atoms with E-state index in [0.29, 0.717) is 6.61 Å². The maximum Gasteiger partial charge on any atom is 0.0499 e. The van der Waals surface area contributed by atoms with Crippen molar-refractivity contribution in [3.05, 3.63) is 0 Å². The van der Waals surface area contributed by atoms with Crippen LogP contribution < -0.4 is 0 Å². The van der Waals surface area contributed by atoms with Gasteiger partial charge in [0.1, 0.15) is 0 Å². The van der Waals surface area contributed by atoms with Crippen LogP contribution in [0.15, 0.2) is 0 Å². The van der Waals surface area contributed by atoms with Gasteiger partial charge in [0, 0.05) is 18.6 Å². The number of hydrogen-bond donors (Lipinski definition) is 1. The van der Waals surface area contributed by atoms with Crippen LogP contribution in [0.5, 0.6) is 0 Å². The summed E-state index contributed by atoms with van der Waals surface area (Å²) in [6, 6.07) is 0. The van der Waals surface area contributed by atoms with Gasteiger partial charge in [0.15, 0.2) is 0 Å². The zero-order valence-electron chi connectivity index (χ0n) is 13.9. The monoisotopic (exact) mass is 281 g/mol. The first-order chi connectivity index (χ1) is 9.54. The summed E-state index contributed by atoms with van der Waals surface area (Å²) in [7, 11) is 0. The van der Waals surface area contributed by atoms with Crippen molar-refractivity contribution < 1.29 is 5.11 Å². The van der Waals surface area contributed by atoms with E-state index in [0.717, 1.165) is 24.3 Å². The fourth-order valence-electron chi connectivity index (χ4n) is 4.22. The maximum atomic E-state index is 9.94. The smallest absolute Gasteiger partial charge is 0.0499 e. The molecule has 0 radical (unpaired) electrons. The van der Waals surface area contributed by atoms with Crippen LogP contribution >= 0.6 is 0 Å². The highest BCUT2D eigenvalue weighted by Crippen LogP contribution is 2.39. The lowest BCUT2D eigenvalue weighted by Crippen LogP contribution is -2.43. The van der Waals surface area contributed by atoms with E-state index in [-0.39, 0.29) is 5.41 Å². The fraction of sp³-hybridized carbons (Fsp3) is 1.00. The molecule has 118 valence electrons. The average Bonchev–Trinajstić information content (AvgIpc) is 2.67. The SMILES string of the molecule is CC1CCC(CO)(CN2CCCC(C(C)C)CC2)CC1. The van der Waals surface area contributed by atoms with Gasteiger partial charge < -0.3 is 10.0 Å². The Hall–Kier alpha value is -0.0800. The molecular formula is C18H35NO. The zero-order chi connectivity index (χ0) is 14.6. The summed E-state index contributed by atoms with van der Waals surface area (Å²) < 4.78 is 0. The van der Waals surface area contributed by atoms with Gasteiger partial charge >= 0.3 is 0 Å². The lowest BCUT2D eigenvalue weighted by molar-refractivity contribution is 0.0298. The molecule has 1 heterocycles. The Kier molecular flexibility index (Phi) is 5.92. The second kappa shape index (κ2) is 7.26. The number of rotatable bonds is 4. The minimum absolute atomic E-state index is 0.212. The van der Waals surface area contributed by atoms with Crippen molar-refractivity contribution in [1.82, 2.24) is 4.90 Å². The van der Waals surface area contributed by atoms with Gasteiger partial charge in [-0.3, -0.25) is 0 Å². The molecule has 1 saturated carbocycles. The van der Waals surface area contributed by atoms with Crippen LogP contribution in [0.3, 0.4) is 0 Å². The number of nitrogens with zero attached hydrogens (tertiary/aromatic N) is 1. The quantitative estimate of drug-likeness (QED) is 0.844. The Balaban J connectivity index is 1.88. The molecule has 1 N–H and O–H groups in total. The van der Waals surface area contributed by atoms with E-state index < -0.39 is 0 Å². The Morgan fingerprint density at radius 1 is 1.10 bits per heavy atom. The summed E-state index contributed by atoms with van der Waals surface area (Å²) >= 11 is 0. The van der Waals surface area contributed by atoms with Crippen molar-refractivity contribution in [2.45, 2.75) is 65.7 Å². The Bertz CT molecular complexity index is 281. The highest BCUT2D eigenvalue weighted by Gasteiger charge is 2.35. The summed E-state index contributed by atoms with van der Waals surface area (Å²) in [6.07, 6.45) is 9.18. The summed E-state index contributed by atoms with van der Waals surface area (Å²) in [4.78, 5) is 2.66. The molecular weight excluding hydrogens is 246 g/mol. The molecule has 2 heteroatoms. The topological polar surface area (TPSA) is 23.5 Å². The molecule has 0 aromatic rings. The lowest BCUT2D eigenvalue weighted by atomic mass is 9.71. The largest absolute Gasteiger partial charge is 0.396 e. The molecule has 2 fully saturated rings. The molecule has 0 amide bonds. The summed E-state index contributed by atoms with van der Waals surface area (Å²) in [5.74, 6) is 2.61. The van der Waals surface area contributed by atoms with Crippen LogP contribution in [-0.2, 0) is 0 Å². The highest BCUT2D eigenvalue weighted by atomic mass is 16.3. The molecule has 0 spiro atoms. The summed E-state index contributed by atoms with van der Waals surface area (Å²) in [6.45, 7) is 11.1. The van der Waals surface area contributed by atoms with E-state index in [1.807, 2.05) is 0 Å². The molecule has 20 heavy (non-hydrogen) atoms. The van der Waals surface area contributed by atoms with Gasteiger partial charge in [0.25, 0.3) is 0 Å². The van der Waals surface area contributed by atoms with E-state index >= 15 is 0 Å². The molecule has 1 atom stereocenters. The van der Waals surface area contributed by atoms with Crippen molar-refractivity contribution in [1.29, 1.82) is 0 Å². The van der Waals surface area contributed by atoms with Gasteiger partial charge in [-0.25, -0.2) is 0 Å². The second-order valence-electron chi connectivity index (χ2n) is 8.05. The molecule has 2 nitrogen and oxygen atoms in total. The third-order valence-electron chi connectivity index (χ3n) is 6.04. The zero-order valence-corrected chi connectivity index (χ0v) is 13.9. The Morgan fingerprint density at radius 3 is 2.40 bits per heavy atom. The van der Waals surface area contributed by atoms with Crippen LogP contribution in [0, 0.1) is 23.2 Å². The van der Waals surface area contributed by atoms with Gasteiger partial charge in [-0.2, -0.15) is 0 Å². The fourth-order valence-corrected chi connectivity index (χ4v) is 4.22. The molecule has 1 aliphatic carbocycles. The normalized spacial score (nSPS) is 37.0. The summed E-state index contributed by atoms with van der Waals surface area (Å²) in [5, 5.41) is 9.94. The third kappa shape index (κ3) is 4.21. The van der Waals surface area contributed by atoms with Crippen molar-refractivity contribution in [3.8, 4) is 0 Å². The van der Waals surface area contributed by atoms with Crippen LogP contribution in [0.4, 0.5) is 0 Å². The lowest BCUT2D eigenvalue weighted by Gasteiger charge is -2.41. The van der Waals surface area contributed by atoms with Gasteiger partial charge in [-0.1, -0.05) is 33.6 Å². The van der Waals surface area contributed by atoms with E-state index in [1.54, 1.807) is 0 Å². The van der Waals surface area contributed by atoms with Gasteiger partial charge in [-0.05, 0) is 62.9 Å². The molecule has 1 aliphatic heterocycles. The van der Waals surface area contributed by atoms with E-state index in [2.05, 4.69) is 25.7 Å². The first kappa shape index (κ1) is 16.3. The second-order valence-corrected chi connectivity index (χ2v) is 8.05. The molecule has 0 bridgehead atoms. The molecule has 0 aromatic carbocycles. The van der Waals surface area contributed by atoms with Crippen molar-refractivity contribution in [2.75, 3.05) is 26.2 Å². The van der Waals surface area contributed by atoms with Crippen LogP contribution in [-0.4, -0.2) is 36.2 Å². The molecule has 2 aliphatic rings. The number of aliphatic hydroxyl groups excluding tert-OH is 1. The minimum atomic E-state index is 0.212. The minimum Gasteiger partial charge on any atom is -0.396 e. The van der Waals surface area contributed by atoms with E-state index in [1.165, 1.54) is 58.0 Å². The highest BCUT2D eigenvalue weighted by molar-refractivity contribution is 4.88. The third-order valence-corrected chi connectivity index (χ3v) is 6.04.